The molecule has 2 N–H and O–H groups in total. The molecule has 0 aliphatic rings. The number of nitrogens with zero attached hydrogens (tertiary/aromatic N) is 1. The van der Waals surface area contributed by atoms with Crippen molar-refractivity contribution in [2.24, 2.45) is 5.73 Å². The summed E-state index contributed by atoms with van der Waals surface area (Å²) >= 11 is 0. The second-order valence-corrected chi connectivity index (χ2v) is 5.25. The summed E-state index contributed by atoms with van der Waals surface area (Å²) in [7, 11) is 1.64. The van der Waals surface area contributed by atoms with Crippen LogP contribution in [0.15, 0.2) is 22.7 Å². The van der Waals surface area contributed by atoms with E-state index in [2.05, 4.69) is 5.16 Å². The molecule has 2 aromatic rings. The van der Waals surface area contributed by atoms with Crippen LogP contribution < -0.4 is 15.2 Å². The molecule has 0 radical (unpaired) electrons. The average molecular weight is 290 g/mol. The lowest BCUT2D eigenvalue weighted by Gasteiger charge is -2.14. The van der Waals surface area contributed by atoms with Gasteiger partial charge < -0.3 is 19.7 Å². The molecule has 0 saturated heterocycles. The van der Waals surface area contributed by atoms with Crippen LogP contribution in [0, 0.1) is 13.8 Å². The molecule has 1 heterocycles. The summed E-state index contributed by atoms with van der Waals surface area (Å²) < 4.78 is 16.4. The van der Waals surface area contributed by atoms with Crippen molar-refractivity contribution in [1.29, 1.82) is 0 Å². The number of rotatable bonds is 6. The van der Waals surface area contributed by atoms with E-state index in [1.807, 2.05) is 39.0 Å². The van der Waals surface area contributed by atoms with E-state index in [-0.39, 0.29) is 6.04 Å². The fourth-order valence-corrected chi connectivity index (χ4v) is 2.17. The number of aromatic nitrogens is 1. The van der Waals surface area contributed by atoms with Gasteiger partial charge in [-0.15, -0.1) is 0 Å². The van der Waals surface area contributed by atoms with Crippen LogP contribution in [-0.2, 0) is 13.0 Å². The monoisotopic (exact) mass is 290 g/mol. The zero-order valence-corrected chi connectivity index (χ0v) is 13.0. The second-order valence-electron chi connectivity index (χ2n) is 5.25. The van der Waals surface area contributed by atoms with Gasteiger partial charge in [-0.25, -0.2) is 0 Å². The lowest BCUT2D eigenvalue weighted by molar-refractivity contribution is 0.295. The highest BCUT2D eigenvalue weighted by molar-refractivity contribution is 5.41. The number of hydrogen-bond acceptors (Lipinski definition) is 5. The molecule has 2 rings (SSSR count). The van der Waals surface area contributed by atoms with Crippen LogP contribution in [0.1, 0.15) is 29.5 Å². The minimum atomic E-state index is 0.0693. The summed E-state index contributed by atoms with van der Waals surface area (Å²) in [5.41, 5.74) is 8.79. The molecule has 5 nitrogen and oxygen atoms in total. The molecule has 1 unspecified atom stereocenters. The molecule has 0 bridgehead atoms. The Bertz CT molecular complexity index is 586. The molecular formula is C16H22N2O3. The lowest BCUT2D eigenvalue weighted by Crippen LogP contribution is -2.18. The average Bonchev–Trinajstić information content (AvgIpc) is 2.76. The Balaban J connectivity index is 2.20. The SMILES string of the molecule is COc1ccc(CC(C)N)c(OCc2c(C)noc2C)c1. The maximum atomic E-state index is 5.95. The molecule has 1 aromatic heterocycles. The van der Waals surface area contributed by atoms with E-state index in [0.717, 1.165) is 40.5 Å². The number of hydrogen-bond donors (Lipinski definition) is 1. The Morgan fingerprint density at radius 2 is 2.10 bits per heavy atom. The second kappa shape index (κ2) is 6.63. The topological polar surface area (TPSA) is 70.5 Å². The van der Waals surface area contributed by atoms with Crippen molar-refractivity contribution in [3.63, 3.8) is 0 Å². The Hall–Kier alpha value is -2.01. The van der Waals surface area contributed by atoms with Gasteiger partial charge in [-0.05, 0) is 38.8 Å². The van der Waals surface area contributed by atoms with Crippen LogP contribution >= 0.6 is 0 Å². The quantitative estimate of drug-likeness (QED) is 0.885. The molecule has 1 atom stereocenters. The highest BCUT2D eigenvalue weighted by Gasteiger charge is 2.12. The number of nitrogens with two attached hydrogens (primary N) is 1. The van der Waals surface area contributed by atoms with Gasteiger partial charge in [0.1, 0.15) is 23.9 Å². The van der Waals surface area contributed by atoms with E-state index in [9.17, 15) is 0 Å². The summed E-state index contributed by atoms with van der Waals surface area (Å²) in [4.78, 5) is 0. The summed E-state index contributed by atoms with van der Waals surface area (Å²) in [6, 6.07) is 5.86. The van der Waals surface area contributed by atoms with Gasteiger partial charge in [0.05, 0.1) is 18.4 Å². The van der Waals surface area contributed by atoms with Crippen molar-refractivity contribution in [1.82, 2.24) is 5.16 Å². The van der Waals surface area contributed by atoms with Crippen molar-refractivity contribution >= 4 is 0 Å². The van der Waals surface area contributed by atoms with Crippen molar-refractivity contribution < 1.29 is 14.0 Å². The summed E-state index contributed by atoms with van der Waals surface area (Å²) in [5, 5.41) is 3.93. The van der Waals surface area contributed by atoms with Crippen molar-refractivity contribution in [3.8, 4) is 11.5 Å². The van der Waals surface area contributed by atoms with E-state index in [1.165, 1.54) is 0 Å². The van der Waals surface area contributed by atoms with Crippen LogP contribution in [-0.4, -0.2) is 18.3 Å². The predicted octanol–water partition coefficient (Wildman–Crippen LogP) is 2.77. The van der Waals surface area contributed by atoms with E-state index in [4.69, 9.17) is 19.7 Å². The Labute approximate surface area is 125 Å². The first-order chi connectivity index (χ1) is 10.0. The van der Waals surface area contributed by atoms with E-state index in [1.54, 1.807) is 7.11 Å². The van der Waals surface area contributed by atoms with Gasteiger partial charge >= 0.3 is 0 Å². The first kappa shape index (κ1) is 15.4. The molecule has 0 amide bonds. The first-order valence-corrected chi connectivity index (χ1v) is 6.98. The normalized spacial score (nSPS) is 12.2. The summed E-state index contributed by atoms with van der Waals surface area (Å²) in [6.07, 6.45) is 0.751. The molecule has 114 valence electrons. The Morgan fingerprint density at radius 3 is 2.67 bits per heavy atom. The minimum Gasteiger partial charge on any atom is -0.497 e. The fraction of sp³-hybridized carbons (Fsp3) is 0.438. The van der Waals surface area contributed by atoms with Crippen molar-refractivity contribution in [2.45, 2.75) is 39.8 Å². The summed E-state index contributed by atoms with van der Waals surface area (Å²) in [6.45, 7) is 6.18. The van der Waals surface area contributed by atoms with Crippen LogP contribution in [0.5, 0.6) is 11.5 Å². The highest BCUT2D eigenvalue weighted by Crippen LogP contribution is 2.27. The molecule has 21 heavy (non-hydrogen) atoms. The number of ether oxygens (including phenoxy) is 2. The number of aryl methyl sites for hydroxylation is 2. The highest BCUT2D eigenvalue weighted by atomic mass is 16.5. The zero-order valence-electron chi connectivity index (χ0n) is 13.0. The molecule has 0 aliphatic heterocycles. The first-order valence-electron chi connectivity index (χ1n) is 6.98. The third-order valence-corrected chi connectivity index (χ3v) is 3.37. The third kappa shape index (κ3) is 3.76. The standard InChI is InChI=1S/C16H22N2O3/c1-10(17)7-13-5-6-14(19-4)8-16(13)20-9-15-11(2)18-21-12(15)3/h5-6,8,10H,7,9,17H2,1-4H3. The Kier molecular flexibility index (Phi) is 4.85. The van der Waals surface area contributed by atoms with Crippen LogP contribution in [0.25, 0.3) is 0 Å². The number of methoxy groups -OCH3 is 1. The van der Waals surface area contributed by atoms with E-state index < -0.39 is 0 Å². The minimum absolute atomic E-state index is 0.0693. The predicted molar refractivity (Wildman–Crippen MR) is 80.7 cm³/mol. The molecule has 0 fully saturated rings. The van der Waals surface area contributed by atoms with Crippen molar-refractivity contribution in [3.05, 3.63) is 40.8 Å². The molecule has 0 aliphatic carbocycles. The molecule has 5 heteroatoms. The van der Waals surface area contributed by atoms with E-state index in [0.29, 0.717) is 6.61 Å². The lowest BCUT2D eigenvalue weighted by atomic mass is 10.1. The number of benzene rings is 1. The van der Waals surface area contributed by atoms with Crippen LogP contribution in [0.2, 0.25) is 0 Å². The molecule has 1 aromatic carbocycles. The largest absolute Gasteiger partial charge is 0.497 e. The van der Waals surface area contributed by atoms with Gasteiger partial charge in [0.2, 0.25) is 0 Å². The van der Waals surface area contributed by atoms with Gasteiger partial charge in [0.15, 0.2) is 0 Å². The fourth-order valence-electron chi connectivity index (χ4n) is 2.17. The van der Waals surface area contributed by atoms with E-state index >= 15 is 0 Å². The summed E-state index contributed by atoms with van der Waals surface area (Å²) in [5.74, 6) is 2.33. The molecule has 0 saturated carbocycles. The van der Waals surface area contributed by atoms with Crippen LogP contribution in [0.4, 0.5) is 0 Å². The zero-order chi connectivity index (χ0) is 15.4. The maximum Gasteiger partial charge on any atom is 0.140 e. The molecular weight excluding hydrogens is 268 g/mol. The smallest absolute Gasteiger partial charge is 0.140 e. The Morgan fingerprint density at radius 1 is 1.33 bits per heavy atom. The third-order valence-electron chi connectivity index (χ3n) is 3.37. The van der Waals surface area contributed by atoms with Crippen molar-refractivity contribution in [2.75, 3.05) is 7.11 Å². The van der Waals surface area contributed by atoms with Gasteiger partial charge in [0, 0.05) is 12.1 Å². The maximum absolute atomic E-state index is 5.95. The van der Waals surface area contributed by atoms with Gasteiger partial charge in [-0.1, -0.05) is 11.2 Å². The van der Waals surface area contributed by atoms with Gasteiger partial charge in [-0.3, -0.25) is 0 Å². The van der Waals surface area contributed by atoms with Crippen LogP contribution in [0.3, 0.4) is 0 Å². The van der Waals surface area contributed by atoms with Gasteiger partial charge in [0.25, 0.3) is 0 Å². The van der Waals surface area contributed by atoms with Gasteiger partial charge in [-0.2, -0.15) is 0 Å². The molecule has 0 spiro atoms.